The lowest BCUT2D eigenvalue weighted by Gasteiger charge is -2.08. The normalized spacial score (nSPS) is 21.0. The Hall–Kier alpha value is 0.270. The number of ether oxygens (including phenoxy) is 1. The average Bonchev–Trinajstić information content (AvgIpc) is 2.67. The predicted octanol–water partition coefficient (Wildman–Crippen LogP) is 0.792. The molecule has 0 heterocycles. The number of hydrogen-bond acceptors (Lipinski definition) is 2. The van der Waals surface area contributed by atoms with Gasteiger partial charge in [-0.25, -0.2) is 0 Å². The van der Waals surface area contributed by atoms with Crippen molar-refractivity contribution < 1.29 is 9.29 Å². The smallest absolute Gasteiger partial charge is 0.128 e. The van der Waals surface area contributed by atoms with Crippen molar-refractivity contribution in [1.82, 2.24) is 0 Å². The predicted molar refractivity (Wildman–Crippen MR) is 42.5 cm³/mol. The Morgan fingerprint density at radius 1 is 1.60 bits per heavy atom. The molecular formula is C7H14O2S. The van der Waals surface area contributed by atoms with Gasteiger partial charge in [0.15, 0.2) is 0 Å². The Morgan fingerprint density at radius 3 is 2.80 bits per heavy atom. The van der Waals surface area contributed by atoms with E-state index in [9.17, 15) is 4.55 Å². The van der Waals surface area contributed by atoms with Gasteiger partial charge in [0.25, 0.3) is 0 Å². The SMILES string of the molecule is COCC[S+]([O-])CC1CC1. The Morgan fingerprint density at radius 2 is 2.30 bits per heavy atom. The molecule has 0 spiro atoms. The van der Waals surface area contributed by atoms with Crippen LogP contribution in [0.15, 0.2) is 0 Å². The first-order valence-electron chi connectivity index (χ1n) is 3.67. The van der Waals surface area contributed by atoms with E-state index in [1.54, 1.807) is 7.11 Å². The van der Waals surface area contributed by atoms with E-state index < -0.39 is 11.2 Å². The maximum absolute atomic E-state index is 11.1. The third-order valence-electron chi connectivity index (χ3n) is 1.63. The van der Waals surface area contributed by atoms with Gasteiger partial charge in [-0.15, -0.1) is 0 Å². The van der Waals surface area contributed by atoms with Crippen molar-refractivity contribution in [2.24, 2.45) is 5.92 Å². The molecule has 1 aliphatic carbocycles. The summed E-state index contributed by atoms with van der Waals surface area (Å²) >= 11 is -0.613. The molecule has 3 heteroatoms. The quantitative estimate of drug-likeness (QED) is 0.560. The summed E-state index contributed by atoms with van der Waals surface area (Å²) in [6.07, 6.45) is 2.58. The van der Waals surface area contributed by atoms with Crippen LogP contribution >= 0.6 is 0 Å². The van der Waals surface area contributed by atoms with E-state index in [4.69, 9.17) is 4.74 Å². The van der Waals surface area contributed by atoms with Crippen molar-refractivity contribution in [3.63, 3.8) is 0 Å². The second-order valence-corrected chi connectivity index (χ2v) is 4.37. The van der Waals surface area contributed by atoms with E-state index in [0.717, 1.165) is 11.7 Å². The molecule has 0 bridgehead atoms. The fourth-order valence-corrected chi connectivity index (χ4v) is 2.19. The third kappa shape index (κ3) is 3.44. The second-order valence-electron chi connectivity index (χ2n) is 2.75. The third-order valence-corrected chi connectivity index (χ3v) is 3.10. The second kappa shape index (κ2) is 4.21. The fourth-order valence-electron chi connectivity index (χ4n) is 0.807. The molecule has 1 unspecified atom stereocenters. The highest BCUT2D eigenvalue weighted by atomic mass is 32.2. The molecule has 1 aliphatic rings. The minimum atomic E-state index is -0.613. The first-order valence-corrected chi connectivity index (χ1v) is 5.15. The standard InChI is InChI=1S/C7H14O2S/c1-9-4-5-10(8)6-7-2-3-7/h7H,2-6H2,1H3. The Kier molecular flexibility index (Phi) is 3.52. The van der Waals surface area contributed by atoms with Crippen LogP contribution in [-0.4, -0.2) is 29.8 Å². The molecule has 0 aromatic rings. The van der Waals surface area contributed by atoms with Gasteiger partial charge in [-0.3, -0.25) is 0 Å². The highest BCUT2D eigenvalue weighted by Crippen LogP contribution is 2.30. The highest BCUT2D eigenvalue weighted by molar-refractivity contribution is 7.91. The Balaban J connectivity index is 1.91. The van der Waals surface area contributed by atoms with E-state index in [0.29, 0.717) is 12.4 Å². The van der Waals surface area contributed by atoms with Crippen LogP contribution in [-0.2, 0) is 15.9 Å². The van der Waals surface area contributed by atoms with Crippen molar-refractivity contribution in [2.75, 3.05) is 25.2 Å². The molecule has 0 amide bonds. The Labute approximate surface area is 65.1 Å². The molecule has 10 heavy (non-hydrogen) atoms. The van der Waals surface area contributed by atoms with E-state index in [1.807, 2.05) is 0 Å². The van der Waals surface area contributed by atoms with E-state index in [-0.39, 0.29) is 0 Å². The van der Waals surface area contributed by atoms with Crippen molar-refractivity contribution in [3.05, 3.63) is 0 Å². The zero-order valence-electron chi connectivity index (χ0n) is 6.34. The molecule has 1 atom stereocenters. The van der Waals surface area contributed by atoms with Gasteiger partial charge >= 0.3 is 0 Å². The van der Waals surface area contributed by atoms with Gasteiger partial charge in [-0.1, -0.05) is 11.2 Å². The van der Waals surface area contributed by atoms with Crippen molar-refractivity contribution in [3.8, 4) is 0 Å². The lowest BCUT2D eigenvalue weighted by Crippen LogP contribution is -2.15. The summed E-state index contributed by atoms with van der Waals surface area (Å²) in [6.45, 7) is 0.638. The molecule has 0 aromatic carbocycles. The molecular weight excluding hydrogens is 148 g/mol. The van der Waals surface area contributed by atoms with Gasteiger partial charge in [0.1, 0.15) is 11.5 Å². The molecule has 0 aromatic heterocycles. The van der Waals surface area contributed by atoms with Gasteiger partial charge in [-0.05, 0) is 12.8 Å². The van der Waals surface area contributed by atoms with Crippen LogP contribution < -0.4 is 0 Å². The summed E-state index contributed by atoms with van der Waals surface area (Å²) in [4.78, 5) is 0. The summed E-state index contributed by atoms with van der Waals surface area (Å²) in [7, 11) is 1.65. The van der Waals surface area contributed by atoms with Crippen LogP contribution in [0.1, 0.15) is 12.8 Å². The van der Waals surface area contributed by atoms with E-state index in [2.05, 4.69) is 0 Å². The Bertz CT molecular complexity index is 93.6. The van der Waals surface area contributed by atoms with Crippen LogP contribution in [0.25, 0.3) is 0 Å². The number of hydrogen-bond donors (Lipinski definition) is 0. The summed E-state index contributed by atoms with van der Waals surface area (Å²) in [5, 5.41) is 0. The maximum atomic E-state index is 11.1. The highest BCUT2D eigenvalue weighted by Gasteiger charge is 2.26. The fraction of sp³-hybridized carbons (Fsp3) is 1.00. The summed E-state index contributed by atoms with van der Waals surface area (Å²) < 4.78 is 15.9. The van der Waals surface area contributed by atoms with Crippen LogP contribution in [0.5, 0.6) is 0 Å². The van der Waals surface area contributed by atoms with Gasteiger partial charge in [0.2, 0.25) is 0 Å². The van der Waals surface area contributed by atoms with Gasteiger partial charge in [0, 0.05) is 13.0 Å². The van der Waals surface area contributed by atoms with Gasteiger partial charge < -0.3 is 9.29 Å². The largest absolute Gasteiger partial charge is 0.616 e. The van der Waals surface area contributed by atoms with Crippen LogP contribution in [0.2, 0.25) is 0 Å². The number of methoxy groups -OCH3 is 1. The van der Waals surface area contributed by atoms with Crippen molar-refractivity contribution >= 4 is 11.2 Å². The van der Waals surface area contributed by atoms with Gasteiger partial charge in [0.05, 0.1) is 6.61 Å². The minimum absolute atomic E-state index is 0.613. The molecule has 0 N–H and O–H groups in total. The topological polar surface area (TPSA) is 32.3 Å². The molecule has 60 valence electrons. The van der Waals surface area contributed by atoms with E-state index in [1.165, 1.54) is 12.8 Å². The molecule has 0 saturated heterocycles. The summed E-state index contributed by atoms with van der Waals surface area (Å²) in [6, 6.07) is 0. The molecule has 1 fully saturated rings. The summed E-state index contributed by atoms with van der Waals surface area (Å²) in [5.74, 6) is 2.40. The zero-order valence-corrected chi connectivity index (χ0v) is 7.15. The lowest BCUT2D eigenvalue weighted by atomic mass is 10.5. The zero-order chi connectivity index (χ0) is 7.40. The number of rotatable bonds is 5. The first kappa shape index (κ1) is 8.37. The monoisotopic (exact) mass is 162 g/mol. The maximum Gasteiger partial charge on any atom is 0.128 e. The average molecular weight is 162 g/mol. The molecule has 0 aliphatic heterocycles. The molecule has 0 radical (unpaired) electrons. The van der Waals surface area contributed by atoms with Crippen molar-refractivity contribution in [1.29, 1.82) is 0 Å². The van der Waals surface area contributed by atoms with Crippen LogP contribution in [0.4, 0.5) is 0 Å². The first-order chi connectivity index (χ1) is 4.83. The van der Waals surface area contributed by atoms with Crippen LogP contribution in [0.3, 0.4) is 0 Å². The van der Waals surface area contributed by atoms with Gasteiger partial charge in [-0.2, -0.15) is 0 Å². The van der Waals surface area contributed by atoms with Crippen molar-refractivity contribution in [2.45, 2.75) is 12.8 Å². The van der Waals surface area contributed by atoms with Crippen LogP contribution in [0, 0.1) is 5.92 Å². The molecule has 2 nitrogen and oxygen atoms in total. The molecule has 1 rings (SSSR count). The summed E-state index contributed by atoms with van der Waals surface area (Å²) in [5.41, 5.74) is 0. The minimum Gasteiger partial charge on any atom is -0.616 e. The van der Waals surface area contributed by atoms with E-state index >= 15 is 0 Å². The molecule has 1 saturated carbocycles. The lowest BCUT2D eigenvalue weighted by molar-refractivity contribution is 0.217.